The molecule has 10 heteroatoms. The maximum atomic E-state index is 13.7. The normalized spacial score (nSPS) is 11.1. The lowest BCUT2D eigenvalue weighted by Crippen LogP contribution is -2.06. The fraction of sp³-hybridized carbons (Fsp3) is 0.263. The minimum absolute atomic E-state index is 0.145. The molecular formula is C19H23F2N5O2S. The first-order chi connectivity index (χ1) is 13.8. The molecule has 3 aromatic heterocycles. The van der Waals surface area contributed by atoms with E-state index in [0.29, 0.717) is 16.6 Å². The number of nitrogens with two attached hydrogens (primary N) is 1. The number of hydrogen-bond acceptors (Lipinski definition) is 6. The summed E-state index contributed by atoms with van der Waals surface area (Å²) in [7, 11) is 0. The van der Waals surface area contributed by atoms with Crippen LogP contribution < -0.4 is 5.73 Å². The van der Waals surface area contributed by atoms with Crippen molar-refractivity contribution >= 4 is 34.6 Å². The molecule has 0 saturated carbocycles. The van der Waals surface area contributed by atoms with E-state index in [1.165, 1.54) is 6.07 Å². The van der Waals surface area contributed by atoms with Crippen molar-refractivity contribution in [2.24, 2.45) is 5.92 Å². The third-order valence-electron chi connectivity index (χ3n) is 3.81. The molecule has 3 rings (SSSR count). The number of nitrogens with zero attached hydrogens (tertiary/aromatic N) is 3. The SMILES string of the molecule is C=C.CCC(C)C(=O)O.CSc1nc(-c2c[nH]c3ncc(F)cc23)nc(N)c1F. The highest BCUT2D eigenvalue weighted by Gasteiger charge is 2.16. The van der Waals surface area contributed by atoms with Crippen LogP contribution in [-0.2, 0) is 4.79 Å². The summed E-state index contributed by atoms with van der Waals surface area (Å²) in [6, 6.07) is 1.32. The number of aromatic amines is 1. The lowest BCUT2D eigenvalue weighted by Gasteiger charge is -2.05. The second-order valence-electron chi connectivity index (χ2n) is 5.66. The second-order valence-corrected chi connectivity index (χ2v) is 6.45. The van der Waals surface area contributed by atoms with Crippen LogP contribution >= 0.6 is 11.8 Å². The molecule has 0 fully saturated rings. The van der Waals surface area contributed by atoms with Gasteiger partial charge in [0.2, 0.25) is 0 Å². The first-order valence-electron chi connectivity index (χ1n) is 8.51. The summed E-state index contributed by atoms with van der Waals surface area (Å²) >= 11 is 1.12. The first kappa shape index (κ1) is 24.0. The topological polar surface area (TPSA) is 118 Å². The van der Waals surface area contributed by atoms with Crippen molar-refractivity contribution in [2.45, 2.75) is 25.3 Å². The molecule has 0 radical (unpaired) electrons. The van der Waals surface area contributed by atoms with E-state index in [2.05, 4.69) is 33.1 Å². The Morgan fingerprint density at radius 2 is 2.03 bits per heavy atom. The van der Waals surface area contributed by atoms with E-state index in [1.807, 2.05) is 6.92 Å². The molecule has 0 aliphatic carbocycles. The summed E-state index contributed by atoms with van der Waals surface area (Å²) in [5.41, 5.74) is 6.56. The number of rotatable bonds is 4. The number of nitrogen functional groups attached to an aromatic ring is 1. The van der Waals surface area contributed by atoms with Gasteiger partial charge in [-0.15, -0.1) is 24.9 Å². The average Bonchev–Trinajstić information content (AvgIpc) is 3.14. The highest BCUT2D eigenvalue weighted by molar-refractivity contribution is 7.98. The molecule has 0 spiro atoms. The summed E-state index contributed by atoms with van der Waals surface area (Å²) in [4.78, 5) is 24.7. The van der Waals surface area contributed by atoms with Crippen LogP contribution in [0.25, 0.3) is 22.4 Å². The number of carboxylic acid groups (broad SMARTS) is 1. The number of pyridine rings is 1. The van der Waals surface area contributed by atoms with Crippen LogP contribution in [0.5, 0.6) is 0 Å². The maximum Gasteiger partial charge on any atom is 0.306 e. The Bertz CT molecular complexity index is 981. The van der Waals surface area contributed by atoms with E-state index < -0.39 is 17.6 Å². The molecule has 0 bridgehead atoms. The van der Waals surface area contributed by atoms with Gasteiger partial charge in [-0.3, -0.25) is 4.79 Å². The van der Waals surface area contributed by atoms with E-state index in [0.717, 1.165) is 24.4 Å². The summed E-state index contributed by atoms with van der Waals surface area (Å²) in [6.07, 6.45) is 5.10. The number of hydrogen-bond donors (Lipinski definition) is 3. The molecule has 0 amide bonds. The molecule has 4 N–H and O–H groups in total. The van der Waals surface area contributed by atoms with Gasteiger partial charge in [-0.2, -0.15) is 4.39 Å². The quantitative estimate of drug-likeness (QED) is 0.321. The van der Waals surface area contributed by atoms with Crippen molar-refractivity contribution in [3.8, 4) is 11.4 Å². The molecule has 0 saturated heterocycles. The summed E-state index contributed by atoms with van der Waals surface area (Å²) in [5, 5.41) is 8.84. The minimum atomic E-state index is -0.706. The number of nitrogens with one attached hydrogen (secondary N) is 1. The van der Waals surface area contributed by atoms with Crippen molar-refractivity contribution in [1.82, 2.24) is 19.9 Å². The van der Waals surface area contributed by atoms with Crippen LogP contribution in [0.15, 0.2) is 36.6 Å². The largest absolute Gasteiger partial charge is 0.481 e. The van der Waals surface area contributed by atoms with Crippen LogP contribution in [0.2, 0.25) is 0 Å². The van der Waals surface area contributed by atoms with Crippen molar-refractivity contribution < 1.29 is 18.7 Å². The first-order valence-corrected chi connectivity index (χ1v) is 9.73. The van der Waals surface area contributed by atoms with Gasteiger partial charge in [-0.25, -0.2) is 19.3 Å². The van der Waals surface area contributed by atoms with Crippen LogP contribution in [0.4, 0.5) is 14.6 Å². The number of carbonyl (C=O) groups is 1. The third-order valence-corrected chi connectivity index (χ3v) is 4.47. The Kier molecular flexibility index (Phi) is 9.20. The minimum Gasteiger partial charge on any atom is -0.481 e. The smallest absolute Gasteiger partial charge is 0.306 e. The zero-order valence-electron chi connectivity index (χ0n) is 16.4. The summed E-state index contributed by atoms with van der Waals surface area (Å²) in [5.74, 6) is -2.02. The zero-order chi connectivity index (χ0) is 22.1. The van der Waals surface area contributed by atoms with Crippen LogP contribution in [0, 0.1) is 17.6 Å². The third kappa shape index (κ3) is 5.98. The van der Waals surface area contributed by atoms with Gasteiger partial charge in [0.15, 0.2) is 17.5 Å². The highest BCUT2D eigenvalue weighted by Crippen LogP contribution is 2.29. The molecule has 29 heavy (non-hydrogen) atoms. The fourth-order valence-electron chi connectivity index (χ4n) is 2.04. The summed E-state index contributed by atoms with van der Waals surface area (Å²) in [6.45, 7) is 9.56. The van der Waals surface area contributed by atoms with E-state index >= 15 is 0 Å². The molecule has 0 aromatic carbocycles. The second kappa shape index (κ2) is 11.1. The van der Waals surface area contributed by atoms with E-state index in [9.17, 15) is 13.6 Å². The predicted molar refractivity (Wildman–Crippen MR) is 112 cm³/mol. The Morgan fingerprint density at radius 1 is 1.38 bits per heavy atom. The van der Waals surface area contributed by atoms with Gasteiger partial charge in [-0.1, -0.05) is 13.8 Å². The number of anilines is 1. The van der Waals surface area contributed by atoms with Gasteiger partial charge < -0.3 is 15.8 Å². The number of fused-ring (bicyclic) bond motifs is 1. The lowest BCUT2D eigenvalue weighted by molar-refractivity contribution is -0.141. The van der Waals surface area contributed by atoms with E-state index in [4.69, 9.17) is 10.8 Å². The molecular weight excluding hydrogens is 400 g/mol. The van der Waals surface area contributed by atoms with Crippen molar-refractivity contribution in [2.75, 3.05) is 12.0 Å². The monoisotopic (exact) mass is 423 g/mol. The van der Waals surface area contributed by atoms with Gasteiger partial charge in [0.1, 0.15) is 16.5 Å². The van der Waals surface area contributed by atoms with Crippen molar-refractivity contribution in [3.63, 3.8) is 0 Å². The Hall–Kier alpha value is -3.01. The Balaban J connectivity index is 0.000000399. The van der Waals surface area contributed by atoms with Crippen molar-refractivity contribution in [1.29, 1.82) is 0 Å². The zero-order valence-corrected chi connectivity index (χ0v) is 17.2. The number of halogens is 2. The van der Waals surface area contributed by atoms with E-state index in [1.54, 1.807) is 19.4 Å². The van der Waals surface area contributed by atoms with E-state index in [-0.39, 0.29) is 22.6 Å². The van der Waals surface area contributed by atoms with Gasteiger partial charge in [0, 0.05) is 17.1 Å². The molecule has 3 heterocycles. The standard InChI is InChI=1S/C12H9F2N5S.C5H10O2.C2H4/c1-20-12-8(14)9(15)18-11(19-12)7-4-17-10-6(7)2-5(13)3-16-10;1-3-4(2)5(6)7;1-2/h2-4H,1H3,(H,16,17)(H2,15,18,19);4H,3H2,1-2H3,(H,6,7);1-2H2. The fourth-order valence-corrected chi connectivity index (χ4v) is 2.50. The maximum absolute atomic E-state index is 13.7. The number of aliphatic carboxylic acids is 1. The molecule has 0 aliphatic heterocycles. The van der Waals surface area contributed by atoms with Gasteiger partial charge in [0.05, 0.1) is 12.1 Å². The summed E-state index contributed by atoms with van der Waals surface area (Å²) < 4.78 is 26.9. The number of carboxylic acids is 1. The molecule has 7 nitrogen and oxygen atoms in total. The van der Waals surface area contributed by atoms with Crippen molar-refractivity contribution in [3.05, 3.63) is 43.3 Å². The Labute approximate surface area is 171 Å². The lowest BCUT2D eigenvalue weighted by atomic mass is 10.1. The predicted octanol–water partition coefficient (Wildman–Crippen LogP) is 4.52. The molecule has 1 atom stereocenters. The Morgan fingerprint density at radius 3 is 2.55 bits per heavy atom. The molecule has 156 valence electrons. The van der Waals surface area contributed by atoms with Crippen LogP contribution in [0.1, 0.15) is 20.3 Å². The molecule has 3 aromatic rings. The van der Waals surface area contributed by atoms with Crippen LogP contribution in [-0.4, -0.2) is 37.3 Å². The number of H-pyrrole nitrogens is 1. The van der Waals surface area contributed by atoms with Gasteiger partial charge in [0.25, 0.3) is 0 Å². The van der Waals surface area contributed by atoms with Gasteiger partial charge in [-0.05, 0) is 18.7 Å². The molecule has 1 unspecified atom stereocenters. The molecule has 0 aliphatic rings. The number of aromatic nitrogens is 4. The van der Waals surface area contributed by atoms with Gasteiger partial charge >= 0.3 is 5.97 Å². The average molecular weight is 423 g/mol. The highest BCUT2D eigenvalue weighted by atomic mass is 32.2. The number of thioether (sulfide) groups is 1. The van der Waals surface area contributed by atoms with Crippen LogP contribution in [0.3, 0.4) is 0 Å².